The highest BCUT2D eigenvalue weighted by atomic mass is 16.4. The molecule has 2 aromatic carbocycles. The summed E-state index contributed by atoms with van der Waals surface area (Å²) < 4.78 is 0. The number of amides is 3. The van der Waals surface area contributed by atoms with Gasteiger partial charge in [0, 0.05) is 36.5 Å². The second-order valence-corrected chi connectivity index (χ2v) is 9.69. The number of aromatic nitrogens is 1. The van der Waals surface area contributed by atoms with Crippen molar-refractivity contribution in [3.8, 4) is 0 Å². The highest BCUT2D eigenvalue weighted by Gasteiger charge is 2.38. The molecule has 3 amide bonds. The lowest BCUT2D eigenvalue weighted by atomic mass is 10.0. The first-order valence-electron chi connectivity index (χ1n) is 12.7. The highest BCUT2D eigenvalue weighted by molar-refractivity contribution is 5.95. The molecule has 4 rings (SSSR count). The van der Waals surface area contributed by atoms with E-state index < -0.39 is 47.9 Å². The van der Waals surface area contributed by atoms with E-state index in [2.05, 4.69) is 15.6 Å². The molecule has 4 unspecified atom stereocenters. The normalized spacial score (nSPS) is 17.5. The number of likely N-dealkylation sites (tertiary alicyclic amines) is 1. The number of fused-ring (bicyclic) bond motifs is 1. The third kappa shape index (κ3) is 6.20. The van der Waals surface area contributed by atoms with Crippen LogP contribution in [0.2, 0.25) is 0 Å². The zero-order valence-corrected chi connectivity index (χ0v) is 21.2. The van der Waals surface area contributed by atoms with Crippen molar-refractivity contribution in [3.05, 3.63) is 71.9 Å². The number of aromatic amines is 1. The Labute approximate surface area is 220 Å². The first-order valence-corrected chi connectivity index (χ1v) is 12.7. The molecule has 38 heavy (non-hydrogen) atoms. The number of carboxylic acids is 1. The summed E-state index contributed by atoms with van der Waals surface area (Å²) in [6.45, 7) is 1.83. The Morgan fingerprint density at radius 2 is 1.68 bits per heavy atom. The van der Waals surface area contributed by atoms with Crippen LogP contribution in [0.25, 0.3) is 10.9 Å². The Balaban J connectivity index is 1.60. The summed E-state index contributed by atoms with van der Waals surface area (Å²) in [5.41, 5.74) is 8.29. The van der Waals surface area contributed by atoms with Gasteiger partial charge in [-0.1, -0.05) is 48.5 Å². The van der Waals surface area contributed by atoms with Gasteiger partial charge in [-0.25, -0.2) is 4.79 Å². The van der Waals surface area contributed by atoms with Gasteiger partial charge in [0.15, 0.2) is 0 Å². The monoisotopic (exact) mass is 519 g/mol. The molecule has 1 aliphatic rings. The number of nitrogens with one attached hydrogen (secondary N) is 3. The Morgan fingerprint density at radius 1 is 1.00 bits per heavy atom. The molecule has 4 atom stereocenters. The number of para-hydroxylation sites is 1. The van der Waals surface area contributed by atoms with Crippen molar-refractivity contribution in [1.82, 2.24) is 20.5 Å². The van der Waals surface area contributed by atoms with Crippen molar-refractivity contribution in [2.45, 2.75) is 56.8 Å². The Hall–Kier alpha value is -4.18. The van der Waals surface area contributed by atoms with Crippen LogP contribution in [0.4, 0.5) is 0 Å². The maximum Gasteiger partial charge on any atom is 0.326 e. The molecule has 0 radical (unpaired) electrons. The fraction of sp³-hybridized carbons (Fsp3) is 0.357. The van der Waals surface area contributed by atoms with Gasteiger partial charge in [0.25, 0.3) is 0 Å². The topological polar surface area (TPSA) is 158 Å². The van der Waals surface area contributed by atoms with Gasteiger partial charge >= 0.3 is 5.97 Å². The predicted molar refractivity (Wildman–Crippen MR) is 142 cm³/mol. The number of nitrogens with two attached hydrogens (primary N) is 1. The van der Waals surface area contributed by atoms with E-state index in [0.717, 1.165) is 22.0 Å². The summed E-state index contributed by atoms with van der Waals surface area (Å²) >= 11 is 0. The third-order valence-corrected chi connectivity index (χ3v) is 6.86. The van der Waals surface area contributed by atoms with E-state index in [0.29, 0.717) is 19.4 Å². The van der Waals surface area contributed by atoms with Gasteiger partial charge in [0.05, 0.1) is 6.04 Å². The van der Waals surface area contributed by atoms with Crippen molar-refractivity contribution in [1.29, 1.82) is 0 Å². The van der Waals surface area contributed by atoms with Crippen molar-refractivity contribution < 1.29 is 24.3 Å². The zero-order valence-electron chi connectivity index (χ0n) is 21.2. The van der Waals surface area contributed by atoms with Gasteiger partial charge in [-0.2, -0.15) is 0 Å². The number of H-pyrrole nitrogens is 1. The van der Waals surface area contributed by atoms with Crippen LogP contribution in [0, 0.1) is 0 Å². The molecule has 0 bridgehead atoms. The summed E-state index contributed by atoms with van der Waals surface area (Å²) in [6, 6.07) is 13.0. The number of carbonyl (C=O) groups excluding carboxylic acids is 3. The number of rotatable bonds is 10. The van der Waals surface area contributed by atoms with Crippen LogP contribution < -0.4 is 16.4 Å². The smallest absolute Gasteiger partial charge is 0.326 e. The molecule has 200 valence electrons. The molecule has 2 heterocycles. The van der Waals surface area contributed by atoms with Crippen LogP contribution in [-0.2, 0) is 32.0 Å². The molecule has 1 aromatic heterocycles. The van der Waals surface area contributed by atoms with Gasteiger partial charge in [-0.3, -0.25) is 14.4 Å². The number of carbonyl (C=O) groups is 4. The van der Waals surface area contributed by atoms with E-state index in [9.17, 15) is 24.3 Å². The lowest BCUT2D eigenvalue weighted by Crippen LogP contribution is -2.58. The van der Waals surface area contributed by atoms with Crippen molar-refractivity contribution in [3.63, 3.8) is 0 Å². The summed E-state index contributed by atoms with van der Waals surface area (Å²) in [6.07, 6.45) is 3.07. The zero-order chi connectivity index (χ0) is 27.2. The first kappa shape index (κ1) is 26.9. The largest absolute Gasteiger partial charge is 0.480 e. The molecule has 1 fully saturated rings. The van der Waals surface area contributed by atoms with Crippen LogP contribution >= 0.6 is 0 Å². The molecule has 1 aliphatic heterocycles. The molecule has 10 heteroatoms. The standard InChI is InChI=1S/C28H33N5O5/c1-17(29)25(34)31-22(15-19-16-30-21-11-6-5-10-20(19)21)26(35)32-23(14-18-8-3-2-4-9-18)27(36)33-13-7-12-24(33)28(37)38/h2-6,8-11,16-17,22-24,30H,7,12-15,29H2,1H3,(H,31,34)(H,32,35)(H,37,38). The molecule has 10 nitrogen and oxygen atoms in total. The minimum Gasteiger partial charge on any atom is -0.480 e. The van der Waals surface area contributed by atoms with E-state index in [1.54, 1.807) is 6.20 Å². The molecule has 0 spiro atoms. The average Bonchev–Trinajstić information content (AvgIpc) is 3.56. The lowest BCUT2D eigenvalue weighted by Gasteiger charge is -2.29. The third-order valence-electron chi connectivity index (χ3n) is 6.86. The van der Waals surface area contributed by atoms with E-state index in [1.807, 2.05) is 54.6 Å². The van der Waals surface area contributed by atoms with Crippen LogP contribution in [-0.4, -0.2) is 69.4 Å². The van der Waals surface area contributed by atoms with Crippen LogP contribution in [0.1, 0.15) is 30.9 Å². The number of nitrogens with zero attached hydrogens (tertiary/aromatic N) is 1. The van der Waals surface area contributed by atoms with Crippen molar-refractivity contribution in [2.24, 2.45) is 5.73 Å². The maximum absolute atomic E-state index is 13.6. The average molecular weight is 520 g/mol. The van der Waals surface area contributed by atoms with Gasteiger partial charge < -0.3 is 31.4 Å². The molecule has 0 aliphatic carbocycles. The Kier molecular flexibility index (Phi) is 8.42. The summed E-state index contributed by atoms with van der Waals surface area (Å²) in [4.78, 5) is 56.0. The predicted octanol–water partition coefficient (Wildman–Crippen LogP) is 1.35. The summed E-state index contributed by atoms with van der Waals surface area (Å²) in [5, 5.41) is 16.1. The molecule has 6 N–H and O–H groups in total. The molecular weight excluding hydrogens is 486 g/mol. The minimum absolute atomic E-state index is 0.169. The number of carboxylic acid groups (broad SMARTS) is 1. The van der Waals surface area contributed by atoms with Gasteiger partial charge in [0.1, 0.15) is 18.1 Å². The van der Waals surface area contributed by atoms with Crippen molar-refractivity contribution >= 4 is 34.6 Å². The second kappa shape index (κ2) is 11.9. The fourth-order valence-electron chi connectivity index (χ4n) is 4.84. The summed E-state index contributed by atoms with van der Waals surface area (Å²) in [7, 11) is 0. The van der Waals surface area contributed by atoms with Crippen LogP contribution in [0.5, 0.6) is 0 Å². The number of hydrogen-bond acceptors (Lipinski definition) is 5. The Morgan fingerprint density at radius 3 is 2.39 bits per heavy atom. The quantitative estimate of drug-likeness (QED) is 0.272. The number of benzene rings is 2. The van der Waals surface area contributed by atoms with Gasteiger partial charge in [-0.15, -0.1) is 0 Å². The first-order chi connectivity index (χ1) is 18.2. The van der Waals surface area contributed by atoms with E-state index in [4.69, 9.17) is 5.73 Å². The van der Waals surface area contributed by atoms with E-state index in [-0.39, 0.29) is 12.8 Å². The molecule has 3 aromatic rings. The van der Waals surface area contributed by atoms with Crippen molar-refractivity contribution in [2.75, 3.05) is 6.54 Å². The Bertz CT molecular complexity index is 1310. The number of hydrogen-bond donors (Lipinski definition) is 5. The van der Waals surface area contributed by atoms with E-state index in [1.165, 1.54) is 11.8 Å². The lowest BCUT2D eigenvalue weighted by molar-refractivity contribution is -0.149. The van der Waals surface area contributed by atoms with Crippen LogP contribution in [0.15, 0.2) is 60.8 Å². The number of aliphatic carboxylic acids is 1. The highest BCUT2D eigenvalue weighted by Crippen LogP contribution is 2.21. The van der Waals surface area contributed by atoms with E-state index >= 15 is 0 Å². The van der Waals surface area contributed by atoms with Crippen LogP contribution in [0.3, 0.4) is 0 Å². The molecule has 1 saturated heterocycles. The maximum atomic E-state index is 13.6. The molecular formula is C28H33N5O5. The molecule has 0 saturated carbocycles. The van der Waals surface area contributed by atoms with Gasteiger partial charge in [-0.05, 0) is 37.0 Å². The SMILES string of the molecule is CC(N)C(=O)NC(Cc1c[nH]c2ccccc12)C(=O)NC(Cc1ccccc1)C(=O)N1CCCC1C(=O)O. The second-order valence-electron chi connectivity index (χ2n) is 9.69. The minimum atomic E-state index is -1.07. The van der Waals surface area contributed by atoms with Gasteiger partial charge in [0.2, 0.25) is 17.7 Å². The fourth-order valence-corrected chi connectivity index (χ4v) is 4.84. The summed E-state index contributed by atoms with van der Waals surface area (Å²) in [5.74, 6) is -2.58.